The Morgan fingerprint density at radius 2 is 2.00 bits per heavy atom. The van der Waals surface area contributed by atoms with Crippen LogP contribution in [0.5, 0.6) is 5.75 Å². The van der Waals surface area contributed by atoms with Crippen molar-refractivity contribution in [1.82, 2.24) is 0 Å². The minimum atomic E-state index is 0.198. The van der Waals surface area contributed by atoms with Crippen LogP contribution in [0.3, 0.4) is 0 Å². The van der Waals surface area contributed by atoms with E-state index in [1.165, 1.54) is 16.8 Å². The molecular formula is C18H22N2O. The van der Waals surface area contributed by atoms with Crippen molar-refractivity contribution >= 4 is 5.69 Å². The Balaban J connectivity index is 1.93. The maximum absolute atomic E-state index is 6.09. The zero-order valence-corrected chi connectivity index (χ0v) is 12.5. The number of anilines is 1. The molecule has 1 unspecified atom stereocenters. The summed E-state index contributed by atoms with van der Waals surface area (Å²) in [7, 11) is 0. The standard InChI is InChI=1S/C18H22N2O/c1-2-20(16-6-4-3-5-7-16)17(13-19)14-8-9-18-15(12-14)10-11-21-18/h3-9,12,17H,2,10-11,13,19H2,1H3. The van der Waals surface area contributed by atoms with Gasteiger partial charge in [0, 0.05) is 25.2 Å². The van der Waals surface area contributed by atoms with Crippen LogP contribution in [0, 0.1) is 0 Å². The number of hydrogen-bond donors (Lipinski definition) is 1. The summed E-state index contributed by atoms with van der Waals surface area (Å²) in [6.07, 6.45) is 0.998. The fourth-order valence-corrected chi connectivity index (χ4v) is 3.06. The molecule has 3 rings (SSSR count). The lowest BCUT2D eigenvalue weighted by Gasteiger charge is -2.32. The smallest absolute Gasteiger partial charge is 0.122 e. The van der Waals surface area contributed by atoms with E-state index in [0.29, 0.717) is 6.54 Å². The fourth-order valence-electron chi connectivity index (χ4n) is 3.06. The maximum atomic E-state index is 6.09. The number of ether oxygens (including phenoxy) is 1. The zero-order chi connectivity index (χ0) is 14.7. The predicted octanol–water partition coefficient (Wildman–Crippen LogP) is 3.15. The third-order valence-electron chi connectivity index (χ3n) is 4.13. The van der Waals surface area contributed by atoms with Gasteiger partial charge in [0.05, 0.1) is 12.6 Å². The molecular weight excluding hydrogens is 260 g/mol. The Morgan fingerprint density at radius 1 is 1.19 bits per heavy atom. The molecule has 0 aliphatic carbocycles. The molecule has 1 heterocycles. The van der Waals surface area contributed by atoms with E-state index >= 15 is 0 Å². The molecule has 2 aromatic carbocycles. The monoisotopic (exact) mass is 282 g/mol. The summed E-state index contributed by atoms with van der Waals surface area (Å²) >= 11 is 0. The van der Waals surface area contributed by atoms with Crippen molar-refractivity contribution in [3.05, 3.63) is 59.7 Å². The van der Waals surface area contributed by atoms with E-state index in [1.54, 1.807) is 0 Å². The Hall–Kier alpha value is -2.00. The van der Waals surface area contributed by atoms with Gasteiger partial charge >= 0.3 is 0 Å². The van der Waals surface area contributed by atoms with E-state index in [0.717, 1.165) is 25.3 Å². The summed E-state index contributed by atoms with van der Waals surface area (Å²) in [5, 5.41) is 0. The van der Waals surface area contributed by atoms with E-state index in [4.69, 9.17) is 10.5 Å². The minimum Gasteiger partial charge on any atom is -0.493 e. The van der Waals surface area contributed by atoms with Crippen LogP contribution in [0.2, 0.25) is 0 Å². The van der Waals surface area contributed by atoms with Crippen LogP contribution < -0.4 is 15.4 Å². The van der Waals surface area contributed by atoms with Gasteiger partial charge in [-0.3, -0.25) is 0 Å². The highest BCUT2D eigenvalue weighted by Crippen LogP contribution is 2.31. The summed E-state index contributed by atoms with van der Waals surface area (Å²) in [5.74, 6) is 1.03. The number of nitrogens with two attached hydrogens (primary N) is 1. The molecule has 3 nitrogen and oxygen atoms in total. The van der Waals surface area contributed by atoms with Crippen LogP contribution in [-0.4, -0.2) is 19.7 Å². The summed E-state index contributed by atoms with van der Waals surface area (Å²) in [6, 6.07) is 17.2. The number of benzene rings is 2. The topological polar surface area (TPSA) is 38.5 Å². The van der Waals surface area contributed by atoms with Crippen molar-refractivity contribution in [3.63, 3.8) is 0 Å². The predicted molar refractivity (Wildman–Crippen MR) is 86.9 cm³/mol. The molecule has 110 valence electrons. The summed E-state index contributed by atoms with van der Waals surface area (Å²) < 4.78 is 5.59. The first-order chi connectivity index (χ1) is 10.3. The van der Waals surface area contributed by atoms with Gasteiger partial charge in [0.2, 0.25) is 0 Å². The first-order valence-electron chi connectivity index (χ1n) is 7.61. The highest BCUT2D eigenvalue weighted by atomic mass is 16.5. The van der Waals surface area contributed by atoms with Gasteiger partial charge in [-0.25, -0.2) is 0 Å². The average Bonchev–Trinajstić information content (AvgIpc) is 3.00. The molecule has 21 heavy (non-hydrogen) atoms. The van der Waals surface area contributed by atoms with E-state index in [-0.39, 0.29) is 6.04 Å². The lowest BCUT2D eigenvalue weighted by molar-refractivity contribution is 0.357. The van der Waals surface area contributed by atoms with E-state index in [2.05, 4.69) is 54.3 Å². The second-order valence-electron chi connectivity index (χ2n) is 5.34. The van der Waals surface area contributed by atoms with E-state index < -0.39 is 0 Å². The number of fused-ring (bicyclic) bond motifs is 1. The van der Waals surface area contributed by atoms with Crippen molar-refractivity contribution in [2.75, 3.05) is 24.6 Å². The Morgan fingerprint density at radius 3 is 2.71 bits per heavy atom. The molecule has 1 aliphatic heterocycles. The van der Waals surface area contributed by atoms with Gasteiger partial charge < -0.3 is 15.4 Å². The van der Waals surface area contributed by atoms with Gasteiger partial charge in [-0.05, 0) is 42.3 Å². The molecule has 0 amide bonds. The SMILES string of the molecule is CCN(c1ccccc1)C(CN)c1ccc2c(c1)CCO2. The molecule has 0 aromatic heterocycles. The lowest BCUT2D eigenvalue weighted by Crippen LogP contribution is -2.33. The molecule has 0 spiro atoms. The number of para-hydroxylation sites is 1. The summed E-state index contributed by atoms with van der Waals surface area (Å²) in [5.41, 5.74) is 9.88. The zero-order valence-electron chi connectivity index (χ0n) is 12.5. The lowest BCUT2D eigenvalue weighted by atomic mass is 10.0. The molecule has 0 bridgehead atoms. The molecule has 0 saturated carbocycles. The number of nitrogens with zero attached hydrogens (tertiary/aromatic N) is 1. The van der Waals surface area contributed by atoms with E-state index in [9.17, 15) is 0 Å². The summed E-state index contributed by atoms with van der Waals surface area (Å²) in [6.45, 7) is 4.50. The van der Waals surface area contributed by atoms with Crippen LogP contribution in [-0.2, 0) is 6.42 Å². The van der Waals surface area contributed by atoms with Crippen molar-refractivity contribution in [2.24, 2.45) is 5.73 Å². The second kappa shape index (κ2) is 6.19. The van der Waals surface area contributed by atoms with Crippen LogP contribution in [0.15, 0.2) is 48.5 Å². The normalized spacial score (nSPS) is 14.4. The van der Waals surface area contributed by atoms with Gasteiger partial charge in [0.1, 0.15) is 5.75 Å². The molecule has 3 heteroatoms. The largest absolute Gasteiger partial charge is 0.493 e. The third-order valence-corrected chi connectivity index (χ3v) is 4.13. The number of likely N-dealkylation sites (N-methyl/N-ethyl adjacent to an activating group) is 1. The van der Waals surface area contributed by atoms with Crippen LogP contribution in [0.25, 0.3) is 0 Å². The molecule has 2 N–H and O–H groups in total. The number of hydrogen-bond acceptors (Lipinski definition) is 3. The Kier molecular flexibility index (Phi) is 4.11. The van der Waals surface area contributed by atoms with Crippen LogP contribution >= 0.6 is 0 Å². The van der Waals surface area contributed by atoms with Gasteiger partial charge in [0.15, 0.2) is 0 Å². The highest BCUT2D eigenvalue weighted by molar-refractivity contribution is 5.50. The maximum Gasteiger partial charge on any atom is 0.122 e. The fraction of sp³-hybridized carbons (Fsp3) is 0.333. The van der Waals surface area contributed by atoms with Crippen LogP contribution in [0.1, 0.15) is 24.1 Å². The van der Waals surface area contributed by atoms with Gasteiger partial charge in [-0.2, -0.15) is 0 Å². The van der Waals surface area contributed by atoms with Gasteiger partial charge in [-0.1, -0.05) is 24.3 Å². The first-order valence-corrected chi connectivity index (χ1v) is 7.61. The molecule has 0 fully saturated rings. The van der Waals surface area contributed by atoms with E-state index in [1.807, 2.05) is 6.07 Å². The average molecular weight is 282 g/mol. The molecule has 0 saturated heterocycles. The van der Waals surface area contributed by atoms with Gasteiger partial charge in [0.25, 0.3) is 0 Å². The highest BCUT2D eigenvalue weighted by Gasteiger charge is 2.21. The Labute approximate surface area is 126 Å². The molecule has 0 radical (unpaired) electrons. The minimum absolute atomic E-state index is 0.198. The van der Waals surface area contributed by atoms with Crippen molar-refractivity contribution < 1.29 is 4.74 Å². The van der Waals surface area contributed by atoms with Crippen molar-refractivity contribution in [1.29, 1.82) is 0 Å². The molecule has 1 aliphatic rings. The van der Waals surface area contributed by atoms with Crippen molar-refractivity contribution in [2.45, 2.75) is 19.4 Å². The second-order valence-corrected chi connectivity index (χ2v) is 5.34. The van der Waals surface area contributed by atoms with Gasteiger partial charge in [-0.15, -0.1) is 0 Å². The summed E-state index contributed by atoms with van der Waals surface area (Å²) in [4.78, 5) is 2.36. The molecule has 2 aromatic rings. The first kappa shape index (κ1) is 14.0. The van der Waals surface area contributed by atoms with Crippen molar-refractivity contribution in [3.8, 4) is 5.75 Å². The third kappa shape index (κ3) is 2.74. The van der Waals surface area contributed by atoms with Crippen LogP contribution in [0.4, 0.5) is 5.69 Å². The molecule has 1 atom stereocenters. The Bertz CT molecular complexity index is 597. The number of rotatable bonds is 5. The quantitative estimate of drug-likeness (QED) is 0.915.